The molecule has 3 unspecified atom stereocenters. The van der Waals surface area contributed by atoms with E-state index in [2.05, 4.69) is 19.2 Å². The average Bonchev–Trinajstić information content (AvgIpc) is 2.71. The lowest BCUT2D eigenvalue weighted by Gasteiger charge is -2.30. The first-order chi connectivity index (χ1) is 6.83. The summed E-state index contributed by atoms with van der Waals surface area (Å²) in [5.74, 6) is 0.625. The van der Waals surface area contributed by atoms with Crippen LogP contribution < -0.4 is 5.32 Å². The monoisotopic (exact) mass is 201 g/mol. The van der Waals surface area contributed by atoms with Gasteiger partial charge in [0.1, 0.15) is 0 Å². The Morgan fingerprint density at radius 2 is 2.29 bits per heavy atom. The Morgan fingerprint density at radius 3 is 2.71 bits per heavy atom. The van der Waals surface area contributed by atoms with Gasteiger partial charge in [-0.05, 0) is 19.4 Å². The second-order valence-electron chi connectivity index (χ2n) is 3.89. The van der Waals surface area contributed by atoms with Crippen LogP contribution in [0.25, 0.3) is 0 Å². The fourth-order valence-corrected chi connectivity index (χ4v) is 2.24. The normalized spacial score (nSPS) is 26.4. The van der Waals surface area contributed by atoms with E-state index in [1.54, 1.807) is 7.11 Å². The number of methoxy groups -OCH3 is 1. The van der Waals surface area contributed by atoms with Gasteiger partial charge in [0.05, 0.1) is 12.7 Å². The quantitative estimate of drug-likeness (QED) is 0.705. The maximum Gasteiger partial charge on any atom is 0.0725 e. The highest BCUT2D eigenvalue weighted by atomic mass is 16.5. The molecule has 0 saturated carbocycles. The minimum Gasteiger partial charge on any atom is -0.381 e. The highest BCUT2D eigenvalue weighted by Crippen LogP contribution is 2.21. The van der Waals surface area contributed by atoms with Crippen molar-refractivity contribution in [1.29, 1.82) is 0 Å². The summed E-state index contributed by atoms with van der Waals surface area (Å²) in [6.07, 6.45) is 2.55. The van der Waals surface area contributed by atoms with Gasteiger partial charge in [-0.2, -0.15) is 0 Å². The van der Waals surface area contributed by atoms with E-state index in [1.165, 1.54) is 0 Å². The van der Waals surface area contributed by atoms with Crippen LogP contribution in [-0.4, -0.2) is 39.0 Å². The number of hydrogen-bond donors (Lipinski definition) is 1. The lowest BCUT2D eigenvalue weighted by Crippen LogP contribution is -2.46. The molecule has 1 heterocycles. The molecule has 1 saturated heterocycles. The first kappa shape index (κ1) is 12.0. The van der Waals surface area contributed by atoms with E-state index in [0.29, 0.717) is 18.1 Å². The highest BCUT2D eigenvalue weighted by molar-refractivity contribution is 4.85. The third-order valence-corrected chi connectivity index (χ3v) is 3.02. The Labute approximate surface area is 87.2 Å². The van der Waals surface area contributed by atoms with Gasteiger partial charge < -0.3 is 14.8 Å². The van der Waals surface area contributed by atoms with Gasteiger partial charge in [-0.1, -0.05) is 13.8 Å². The molecule has 0 aromatic heterocycles. The Morgan fingerprint density at radius 1 is 1.50 bits per heavy atom. The predicted octanol–water partition coefficient (Wildman–Crippen LogP) is 1.43. The van der Waals surface area contributed by atoms with Gasteiger partial charge in [0.25, 0.3) is 0 Å². The number of likely N-dealkylation sites (N-methyl/N-ethyl adjacent to an activating group) is 1. The molecular weight excluding hydrogens is 178 g/mol. The molecule has 0 spiro atoms. The number of nitrogens with one attached hydrogen (secondary N) is 1. The zero-order valence-corrected chi connectivity index (χ0v) is 9.58. The molecule has 1 N–H and O–H groups in total. The minimum atomic E-state index is 0.321. The van der Waals surface area contributed by atoms with Crippen LogP contribution >= 0.6 is 0 Å². The lowest BCUT2D eigenvalue weighted by atomic mass is 9.93. The summed E-state index contributed by atoms with van der Waals surface area (Å²) in [5.41, 5.74) is 0. The molecule has 1 aliphatic heterocycles. The molecule has 0 aromatic rings. The number of rotatable bonds is 6. The summed E-state index contributed by atoms with van der Waals surface area (Å²) in [4.78, 5) is 0. The number of ether oxygens (including phenoxy) is 2. The van der Waals surface area contributed by atoms with Crippen LogP contribution in [0.4, 0.5) is 0 Å². The average molecular weight is 201 g/mol. The molecule has 0 amide bonds. The van der Waals surface area contributed by atoms with Crippen molar-refractivity contribution in [2.45, 2.75) is 38.8 Å². The standard InChI is InChI=1S/C11H23NO2/c1-4-10(13-3)11(12-5-2)9-6-7-14-8-9/h9-12H,4-8H2,1-3H3. The fourth-order valence-electron chi connectivity index (χ4n) is 2.24. The van der Waals surface area contributed by atoms with Crippen molar-refractivity contribution in [1.82, 2.24) is 5.32 Å². The molecule has 1 fully saturated rings. The van der Waals surface area contributed by atoms with E-state index < -0.39 is 0 Å². The molecule has 3 heteroatoms. The molecular formula is C11H23NO2. The molecule has 84 valence electrons. The van der Waals surface area contributed by atoms with Crippen molar-refractivity contribution in [3.63, 3.8) is 0 Å². The van der Waals surface area contributed by atoms with Crippen molar-refractivity contribution < 1.29 is 9.47 Å². The molecule has 3 nitrogen and oxygen atoms in total. The summed E-state index contributed by atoms with van der Waals surface area (Å²) in [5, 5.41) is 3.52. The van der Waals surface area contributed by atoms with E-state index in [1.807, 2.05) is 0 Å². The minimum absolute atomic E-state index is 0.321. The van der Waals surface area contributed by atoms with E-state index >= 15 is 0 Å². The first-order valence-electron chi connectivity index (χ1n) is 5.67. The van der Waals surface area contributed by atoms with E-state index in [4.69, 9.17) is 9.47 Å². The van der Waals surface area contributed by atoms with E-state index in [-0.39, 0.29) is 0 Å². The topological polar surface area (TPSA) is 30.5 Å². The maximum absolute atomic E-state index is 5.51. The Bertz CT molecular complexity index is 140. The van der Waals surface area contributed by atoms with Crippen molar-refractivity contribution in [2.24, 2.45) is 5.92 Å². The molecule has 1 rings (SSSR count). The van der Waals surface area contributed by atoms with Gasteiger partial charge in [0, 0.05) is 25.7 Å². The van der Waals surface area contributed by atoms with E-state index in [0.717, 1.165) is 32.6 Å². The molecule has 1 aliphatic rings. The predicted molar refractivity (Wildman–Crippen MR) is 57.5 cm³/mol. The zero-order valence-electron chi connectivity index (χ0n) is 9.58. The van der Waals surface area contributed by atoms with E-state index in [9.17, 15) is 0 Å². The van der Waals surface area contributed by atoms with Crippen LogP contribution in [0.1, 0.15) is 26.7 Å². The highest BCUT2D eigenvalue weighted by Gasteiger charge is 2.30. The third kappa shape index (κ3) is 2.94. The fraction of sp³-hybridized carbons (Fsp3) is 1.00. The third-order valence-electron chi connectivity index (χ3n) is 3.02. The van der Waals surface area contributed by atoms with Crippen molar-refractivity contribution in [2.75, 3.05) is 26.9 Å². The van der Waals surface area contributed by atoms with Gasteiger partial charge in [0.15, 0.2) is 0 Å². The second kappa shape index (κ2) is 6.38. The second-order valence-corrected chi connectivity index (χ2v) is 3.89. The summed E-state index contributed by atoms with van der Waals surface area (Å²) in [7, 11) is 1.80. The zero-order chi connectivity index (χ0) is 10.4. The van der Waals surface area contributed by atoms with Crippen LogP contribution in [0.2, 0.25) is 0 Å². The summed E-state index contributed by atoms with van der Waals surface area (Å²) >= 11 is 0. The van der Waals surface area contributed by atoms with Gasteiger partial charge >= 0.3 is 0 Å². The molecule has 0 radical (unpaired) electrons. The summed E-state index contributed by atoms with van der Waals surface area (Å²) in [6.45, 7) is 7.12. The summed E-state index contributed by atoms with van der Waals surface area (Å²) in [6, 6.07) is 0.456. The largest absolute Gasteiger partial charge is 0.381 e. The lowest BCUT2D eigenvalue weighted by molar-refractivity contribution is 0.0418. The van der Waals surface area contributed by atoms with Crippen molar-refractivity contribution in [3.05, 3.63) is 0 Å². The van der Waals surface area contributed by atoms with Gasteiger partial charge in [-0.15, -0.1) is 0 Å². The number of hydrogen-bond acceptors (Lipinski definition) is 3. The SMILES string of the molecule is CCNC(C1CCOC1)C(CC)OC. The van der Waals surface area contributed by atoms with Crippen LogP contribution in [0.15, 0.2) is 0 Å². The van der Waals surface area contributed by atoms with Gasteiger partial charge in [-0.3, -0.25) is 0 Å². The molecule has 14 heavy (non-hydrogen) atoms. The van der Waals surface area contributed by atoms with Crippen LogP contribution in [0, 0.1) is 5.92 Å². The summed E-state index contributed by atoms with van der Waals surface area (Å²) < 4.78 is 10.9. The molecule has 0 bridgehead atoms. The van der Waals surface area contributed by atoms with Crippen LogP contribution in [0.3, 0.4) is 0 Å². The van der Waals surface area contributed by atoms with Crippen molar-refractivity contribution in [3.8, 4) is 0 Å². The molecule has 3 atom stereocenters. The molecule has 0 aromatic carbocycles. The van der Waals surface area contributed by atoms with Gasteiger partial charge in [-0.25, -0.2) is 0 Å². The Hall–Kier alpha value is -0.120. The first-order valence-corrected chi connectivity index (χ1v) is 5.67. The van der Waals surface area contributed by atoms with Crippen LogP contribution in [-0.2, 0) is 9.47 Å². The van der Waals surface area contributed by atoms with Gasteiger partial charge in [0.2, 0.25) is 0 Å². The molecule has 0 aliphatic carbocycles. The maximum atomic E-state index is 5.51. The Kier molecular flexibility index (Phi) is 5.45. The Balaban J connectivity index is 2.51. The van der Waals surface area contributed by atoms with Crippen molar-refractivity contribution >= 4 is 0 Å². The van der Waals surface area contributed by atoms with Crippen LogP contribution in [0.5, 0.6) is 0 Å². The smallest absolute Gasteiger partial charge is 0.0725 e.